The van der Waals surface area contributed by atoms with Crippen LogP contribution in [-0.4, -0.2) is 22.2 Å². The zero-order valence-electron chi connectivity index (χ0n) is 8.14. The molecule has 0 radical (unpaired) electrons. The Labute approximate surface area is 93.8 Å². The molecule has 5 heteroatoms. The normalized spacial score (nSPS) is 13.1. The number of hydrogen-bond donors (Lipinski definition) is 2. The van der Waals surface area contributed by atoms with Gasteiger partial charge >= 0.3 is 0 Å². The lowest BCUT2D eigenvalue weighted by Gasteiger charge is -2.04. The minimum atomic E-state index is 0.0241. The van der Waals surface area contributed by atoms with Crippen LogP contribution in [0.2, 0.25) is 0 Å². The van der Waals surface area contributed by atoms with E-state index in [1.807, 2.05) is 31.4 Å². The monoisotopic (exact) mass is 227 g/mol. The van der Waals surface area contributed by atoms with Crippen LogP contribution in [0.3, 0.4) is 0 Å². The van der Waals surface area contributed by atoms with Crippen LogP contribution in [0.1, 0.15) is 11.4 Å². The Morgan fingerprint density at radius 3 is 3.07 bits per heavy atom. The van der Waals surface area contributed by atoms with E-state index in [1.54, 1.807) is 18.0 Å². The van der Waals surface area contributed by atoms with E-state index >= 15 is 0 Å². The van der Waals surface area contributed by atoms with Crippen molar-refractivity contribution in [3.63, 3.8) is 0 Å². The molecule has 0 bridgehead atoms. The fourth-order valence-corrected chi connectivity index (χ4v) is 1.09. The summed E-state index contributed by atoms with van der Waals surface area (Å²) in [6.45, 7) is 1.95. The molecule has 0 unspecified atom stereocenters. The van der Waals surface area contributed by atoms with E-state index in [1.165, 1.54) is 0 Å². The number of nitrogens with zero attached hydrogens (tertiary/aromatic N) is 2. The van der Waals surface area contributed by atoms with Crippen LogP contribution in [0.15, 0.2) is 23.3 Å². The summed E-state index contributed by atoms with van der Waals surface area (Å²) in [7, 11) is 0. The number of thiol groups is 1. The molecular weight excluding hydrogens is 214 g/mol. The van der Waals surface area contributed by atoms with E-state index in [0.29, 0.717) is 0 Å². The van der Waals surface area contributed by atoms with Crippen LogP contribution in [-0.2, 0) is 0 Å². The van der Waals surface area contributed by atoms with Crippen molar-refractivity contribution in [2.45, 2.75) is 11.6 Å². The van der Waals surface area contributed by atoms with Gasteiger partial charge in [0.25, 0.3) is 0 Å². The van der Waals surface area contributed by atoms with Gasteiger partial charge in [0.2, 0.25) is 0 Å². The highest BCUT2D eigenvalue weighted by Gasteiger charge is 1.94. The maximum absolute atomic E-state index is 4.27. The fraction of sp³-hybridized carbons (Fsp3) is 0.333. The molecule has 0 aromatic carbocycles. The zero-order valence-corrected chi connectivity index (χ0v) is 9.85. The molecule has 1 atom stereocenters. The van der Waals surface area contributed by atoms with Crippen LogP contribution in [0.4, 0.5) is 0 Å². The lowest BCUT2D eigenvalue weighted by molar-refractivity contribution is 0.846. The van der Waals surface area contributed by atoms with Gasteiger partial charge in [0.15, 0.2) is 0 Å². The number of pyridine rings is 1. The first-order valence-electron chi connectivity index (χ1n) is 4.15. The van der Waals surface area contributed by atoms with Gasteiger partial charge in [0.1, 0.15) is 4.71 Å². The first-order chi connectivity index (χ1) is 6.72. The number of thioether (sulfide) groups is 1. The highest BCUT2D eigenvalue weighted by molar-refractivity contribution is 8.09. The Kier molecular flexibility index (Phi) is 4.82. The van der Waals surface area contributed by atoms with Crippen molar-refractivity contribution in [3.05, 3.63) is 29.6 Å². The van der Waals surface area contributed by atoms with Gasteiger partial charge in [-0.05, 0) is 25.3 Å². The summed E-state index contributed by atoms with van der Waals surface area (Å²) >= 11 is 5.80. The number of hydrazone groups is 1. The molecule has 1 N–H and O–H groups in total. The quantitative estimate of drug-likeness (QED) is 0.357. The third-order valence-electron chi connectivity index (χ3n) is 1.51. The lowest BCUT2D eigenvalue weighted by Crippen LogP contribution is -2.13. The van der Waals surface area contributed by atoms with E-state index in [-0.39, 0.29) is 4.71 Å². The molecule has 0 spiro atoms. The summed E-state index contributed by atoms with van der Waals surface area (Å²) < 4.78 is 0.0241. The summed E-state index contributed by atoms with van der Waals surface area (Å²) in [5.41, 5.74) is 4.69. The van der Waals surface area contributed by atoms with Gasteiger partial charge in [-0.15, -0.1) is 24.4 Å². The minimum absolute atomic E-state index is 0.0241. The zero-order chi connectivity index (χ0) is 10.4. The SMILES string of the molecule is CS[C@H](S)N/N=C\c1cccc(C)n1. The molecule has 0 saturated carbocycles. The Hall–Kier alpha value is -0.680. The summed E-state index contributed by atoms with van der Waals surface area (Å²) in [5, 5.41) is 4.02. The molecule has 14 heavy (non-hydrogen) atoms. The molecule has 0 saturated heterocycles. The predicted molar refractivity (Wildman–Crippen MR) is 66.0 cm³/mol. The van der Waals surface area contributed by atoms with E-state index in [0.717, 1.165) is 11.4 Å². The average molecular weight is 227 g/mol. The smallest absolute Gasteiger partial charge is 0.132 e. The van der Waals surface area contributed by atoms with Crippen molar-refractivity contribution >= 4 is 30.6 Å². The van der Waals surface area contributed by atoms with Gasteiger partial charge in [-0.25, -0.2) is 0 Å². The molecular formula is C9H13N3S2. The highest BCUT2D eigenvalue weighted by atomic mass is 32.2. The maximum Gasteiger partial charge on any atom is 0.132 e. The number of hydrogen-bond acceptors (Lipinski definition) is 5. The summed E-state index contributed by atoms with van der Waals surface area (Å²) in [6.07, 6.45) is 3.65. The minimum Gasteiger partial charge on any atom is -0.287 e. The van der Waals surface area contributed by atoms with Crippen LogP contribution in [0.25, 0.3) is 0 Å². The van der Waals surface area contributed by atoms with Gasteiger partial charge in [0.05, 0.1) is 11.9 Å². The largest absolute Gasteiger partial charge is 0.287 e. The van der Waals surface area contributed by atoms with Crippen molar-refractivity contribution in [2.24, 2.45) is 5.10 Å². The second kappa shape index (κ2) is 5.93. The number of nitrogens with one attached hydrogen (secondary N) is 1. The van der Waals surface area contributed by atoms with Crippen LogP contribution in [0.5, 0.6) is 0 Å². The second-order valence-electron chi connectivity index (χ2n) is 2.68. The Balaban J connectivity index is 2.51. The summed E-state index contributed by atoms with van der Waals surface area (Å²) in [5.74, 6) is 0. The topological polar surface area (TPSA) is 37.3 Å². The van der Waals surface area contributed by atoms with E-state index in [4.69, 9.17) is 0 Å². The van der Waals surface area contributed by atoms with E-state index < -0.39 is 0 Å². The third-order valence-corrected chi connectivity index (χ3v) is 2.81. The molecule has 1 aromatic heterocycles. The number of aryl methyl sites for hydroxylation is 1. The van der Waals surface area contributed by atoms with Crippen molar-refractivity contribution in [2.75, 3.05) is 6.26 Å². The Bertz CT molecular complexity index is 315. The number of rotatable bonds is 4. The second-order valence-corrected chi connectivity index (χ2v) is 4.49. The standard InChI is InChI=1S/C9H13N3S2/c1-7-4-3-5-8(11-7)6-10-12-9(13)14-2/h3-6,9,12-13H,1-2H3/b10-6-/t9-/m0/s1. The van der Waals surface area contributed by atoms with Gasteiger partial charge in [0, 0.05) is 5.69 Å². The summed E-state index contributed by atoms with van der Waals surface area (Å²) in [6, 6.07) is 5.81. The molecule has 1 heterocycles. The van der Waals surface area contributed by atoms with E-state index in [2.05, 4.69) is 28.1 Å². The van der Waals surface area contributed by atoms with Gasteiger partial charge in [-0.2, -0.15) is 5.10 Å². The van der Waals surface area contributed by atoms with Crippen molar-refractivity contribution < 1.29 is 0 Å². The third kappa shape index (κ3) is 4.02. The first-order valence-corrected chi connectivity index (χ1v) is 5.96. The fourth-order valence-electron chi connectivity index (χ4n) is 0.856. The molecule has 1 aromatic rings. The van der Waals surface area contributed by atoms with Crippen molar-refractivity contribution in [1.29, 1.82) is 0 Å². The molecule has 0 fully saturated rings. The molecule has 0 amide bonds. The summed E-state index contributed by atoms with van der Waals surface area (Å²) in [4.78, 5) is 4.27. The first kappa shape index (κ1) is 11.4. The van der Waals surface area contributed by atoms with Gasteiger partial charge in [-0.1, -0.05) is 6.07 Å². The van der Waals surface area contributed by atoms with Crippen LogP contribution >= 0.6 is 24.4 Å². The average Bonchev–Trinajstić information content (AvgIpc) is 2.17. The van der Waals surface area contributed by atoms with Crippen molar-refractivity contribution in [3.8, 4) is 0 Å². The van der Waals surface area contributed by atoms with Gasteiger partial charge in [-0.3, -0.25) is 10.4 Å². The Morgan fingerprint density at radius 2 is 2.43 bits per heavy atom. The molecule has 76 valence electrons. The van der Waals surface area contributed by atoms with Gasteiger partial charge < -0.3 is 0 Å². The highest BCUT2D eigenvalue weighted by Crippen LogP contribution is 2.05. The molecule has 3 nitrogen and oxygen atoms in total. The number of aromatic nitrogens is 1. The lowest BCUT2D eigenvalue weighted by atomic mass is 10.3. The molecule has 0 aliphatic carbocycles. The Morgan fingerprint density at radius 1 is 1.64 bits per heavy atom. The molecule has 0 aliphatic rings. The molecule has 0 aliphatic heterocycles. The van der Waals surface area contributed by atoms with E-state index in [9.17, 15) is 0 Å². The van der Waals surface area contributed by atoms with Crippen molar-refractivity contribution in [1.82, 2.24) is 10.4 Å². The van der Waals surface area contributed by atoms with Crippen LogP contribution < -0.4 is 5.43 Å². The predicted octanol–water partition coefficient (Wildman–Crippen LogP) is 1.89. The maximum atomic E-state index is 4.27. The van der Waals surface area contributed by atoms with Crippen LogP contribution in [0, 0.1) is 6.92 Å². The molecule has 1 rings (SSSR count).